The van der Waals surface area contributed by atoms with Crippen molar-refractivity contribution in [2.75, 3.05) is 10.6 Å². The number of fused-ring (bicyclic) bond motifs is 1. The molecule has 0 radical (unpaired) electrons. The Bertz CT molecular complexity index is 726. The molecule has 2 amide bonds. The van der Waals surface area contributed by atoms with E-state index in [1.54, 1.807) is 12.1 Å². The zero-order valence-corrected chi connectivity index (χ0v) is 10.8. The Balaban J connectivity index is 2.17. The molecule has 1 aliphatic heterocycles. The van der Waals surface area contributed by atoms with E-state index in [2.05, 4.69) is 0 Å². The maximum atomic E-state index is 13.7. The number of nitrogen functional groups attached to an aromatic ring is 1. The number of nitrogens with two attached hydrogens (primary N) is 1. The molecule has 100 valence electrons. The van der Waals surface area contributed by atoms with Gasteiger partial charge < -0.3 is 5.73 Å². The normalized spacial score (nSPS) is 13.8. The van der Waals surface area contributed by atoms with Crippen LogP contribution in [0.15, 0.2) is 36.4 Å². The highest BCUT2D eigenvalue weighted by molar-refractivity contribution is 6.35. The maximum absolute atomic E-state index is 13.7. The molecule has 1 aliphatic rings. The van der Waals surface area contributed by atoms with Gasteiger partial charge in [0.2, 0.25) is 0 Å². The first-order valence-electron chi connectivity index (χ1n) is 5.73. The molecule has 0 aromatic heterocycles. The van der Waals surface area contributed by atoms with Crippen LogP contribution in [0.5, 0.6) is 0 Å². The molecule has 2 aromatic carbocycles. The SMILES string of the molecule is Nc1c(N2C(=O)c3ccccc3C2=O)ccc(Cl)c1F. The lowest BCUT2D eigenvalue weighted by atomic mass is 10.1. The van der Waals surface area contributed by atoms with Gasteiger partial charge in [-0.15, -0.1) is 0 Å². The van der Waals surface area contributed by atoms with Crippen LogP contribution in [0.3, 0.4) is 0 Å². The van der Waals surface area contributed by atoms with Crippen molar-refractivity contribution in [2.45, 2.75) is 0 Å². The third-order valence-electron chi connectivity index (χ3n) is 3.14. The Kier molecular flexibility index (Phi) is 2.72. The Morgan fingerprint density at radius 1 is 1.00 bits per heavy atom. The van der Waals surface area contributed by atoms with Crippen LogP contribution in [-0.4, -0.2) is 11.8 Å². The summed E-state index contributed by atoms with van der Waals surface area (Å²) in [7, 11) is 0. The molecule has 0 aliphatic carbocycles. The highest BCUT2D eigenvalue weighted by atomic mass is 35.5. The first kappa shape index (κ1) is 12.6. The molecule has 4 nitrogen and oxygen atoms in total. The fraction of sp³-hybridized carbons (Fsp3) is 0. The number of amides is 2. The van der Waals surface area contributed by atoms with Crippen molar-refractivity contribution in [1.29, 1.82) is 0 Å². The number of hydrogen-bond donors (Lipinski definition) is 1. The van der Waals surface area contributed by atoms with Crippen molar-refractivity contribution in [3.8, 4) is 0 Å². The quantitative estimate of drug-likeness (QED) is 0.649. The highest BCUT2D eigenvalue weighted by Crippen LogP contribution is 2.35. The predicted octanol–water partition coefficient (Wildman–Crippen LogP) is 2.86. The Hall–Kier alpha value is -2.40. The number of carbonyl (C=O) groups excluding carboxylic acids is 2. The van der Waals surface area contributed by atoms with E-state index in [0.717, 1.165) is 4.90 Å². The summed E-state index contributed by atoms with van der Waals surface area (Å²) in [5, 5.41) is -0.164. The molecule has 0 unspecified atom stereocenters. The first-order chi connectivity index (χ1) is 9.52. The van der Waals surface area contributed by atoms with Gasteiger partial charge in [0.15, 0.2) is 5.82 Å². The van der Waals surface area contributed by atoms with Crippen LogP contribution in [0.1, 0.15) is 20.7 Å². The Morgan fingerprint density at radius 2 is 1.55 bits per heavy atom. The van der Waals surface area contributed by atoms with Crippen LogP contribution in [-0.2, 0) is 0 Å². The van der Waals surface area contributed by atoms with E-state index < -0.39 is 17.6 Å². The lowest BCUT2D eigenvalue weighted by molar-refractivity contribution is 0.0926. The van der Waals surface area contributed by atoms with E-state index in [4.69, 9.17) is 17.3 Å². The predicted molar refractivity (Wildman–Crippen MR) is 73.4 cm³/mol. The van der Waals surface area contributed by atoms with Crippen molar-refractivity contribution in [1.82, 2.24) is 0 Å². The summed E-state index contributed by atoms with van der Waals surface area (Å²) in [5.41, 5.74) is 5.83. The Morgan fingerprint density at radius 3 is 2.10 bits per heavy atom. The van der Waals surface area contributed by atoms with Crippen LogP contribution in [0.4, 0.5) is 15.8 Å². The molecule has 3 rings (SSSR count). The third kappa shape index (κ3) is 1.60. The molecule has 0 saturated carbocycles. The van der Waals surface area contributed by atoms with E-state index in [9.17, 15) is 14.0 Å². The summed E-state index contributed by atoms with van der Waals surface area (Å²) >= 11 is 5.61. The Labute approximate surface area is 118 Å². The molecule has 0 fully saturated rings. The maximum Gasteiger partial charge on any atom is 0.266 e. The zero-order chi connectivity index (χ0) is 14.4. The number of imide groups is 1. The number of halogens is 2. The van der Waals surface area contributed by atoms with E-state index in [-0.39, 0.29) is 27.5 Å². The lowest BCUT2D eigenvalue weighted by Gasteiger charge is -2.16. The second-order valence-corrected chi connectivity index (χ2v) is 4.69. The number of rotatable bonds is 1. The summed E-state index contributed by atoms with van der Waals surface area (Å²) in [6, 6.07) is 8.99. The number of anilines is 2. The fourth-order valence-electron chi connectivity index (χ4n) is 2.16. The van der Waals surface area contributed by atoms with Gasteiger partial charge in [-0.3, -0.25) is 9.59 Å². The van der Waals surface area contributed by atoms with Crippen molar-refractivity contribution in [2.24, 2.45) is 0 Å². The molecular formula is C14H8ClFN2O2. The van der Waals surface area contributed by atoms with E-state index in [0.29, 0.717) is 0 Å². The minimum atomic E-state index is -0.847. The summed E-state index contributed by atoms with van der Waals surface area (Å²) in [5.74, 6) is -1.90. The number of benzene rings is 2. The average molecular weight is 291 g/mol. The van der Waals surface area contributed by atoms with Gasteiger partial charge in [-0.1, -0.05) is 23.7 Å². The number of nitrogens with zero attached hydrogens (tertiary/aromatic N) is 1. The van der Waals surface area contributed by atoms with Crippen LogP contribution in [0, 0.1) is 5.82 Å². The second-order valence-electron chi connectivity index (χ2n) is 4.29. The number of hydrogen-bond acceptors (Lipinski definition) is 3. The second kappa shape index (κ2) is 4.31. The molecule has 6 heteroatoms. The molecule has 0 bridgehead atoms. The smallest absolute Gasteiger partial charge is 0.266 e. The molecule has 0 atom stereocenters. The van der Waals surface area contributed by atoms with Crippen LogP contribution < -0.4 is 10.6 Å². The monoisotopic (exact) mass is 290 g/mol. The molecule has 1 heterocycles. The van der Waals surface area contributed by atoms with Crippen LogP contribution in [0.25, 0.3) is 0 Å². The van der Waals surface area contributed by atoms with Gasteiger partial charge in [-0.25, -0.2) is 9.29 Å². The third-order valence-corrected chi connectivity index (χ3v) is 3.44. The van der Waals surface area contributed by atoms with Gasteiger partial charge in [-0.2, -0.15) is 0 Å². The highest BCUT2D eigenvalue weighted by Gasteiger charge is 2.37. The molecule has 20 heavy (non-hydrogen) atoms. The number of carbonyl (C=O) groups is 2. The molecular weight excluding hydrogens is 283 g/mol. The molecule has 2 aromatic rings. The summed E-state index contributed by atoms with van der Waals surface area (Å²) in [4.78, 5) is 25.4. The average Bonchev–Trinajstić information content (AvgIpc) is 2.70. The minimum absolute atomic E-state index is 0.00176. The van der Waals surface area contributed by atoms with Gasteiger partial charge >= 0.3 is 0 Å². The van der Waals surface area contributed by atoms with E-state index in [1.165, 1.54) is 24.3 Å². The van der Waals surface area contributed by atoms with Gasteiger partial charge in [0.1, 0.15) is 0 Å². The van der Waals surface area contributed by atoms with Crippen molar-refractivity contribution >= 4 is 34.8 Å². The minimum Gasteiger partial charge on any atom is -0.395 e. The van der Waals surface area contributed by atoms with Crippen LogP contribution >= 0.6 is 11.6 Å². The molecule has 2 N–H and O–H groups in total. The standard InChI is InChI=1S/C14H8ClFN2O2/c15-9-5-6-10(12(17)11(9)16)18-13(19)7-3-1-2-4-8(7)14(18)20/h1-6H,17H2. The van der Waals surface area contributed by atoms with Gasteiger partial charge in [0.05, 0.1) is 27.5 Å². The molecule has 0 spiro atoms. The fourth-order valence-corrected chi connectivity index (χ4v) is 2.32. The summed E-state index contributed by atoms with van der Waals surface area (Å²) in [6.45, 7) is 0. The van der Waals surface area contributed by atoms with E-state index >= 15 is 0 Å². The van der Waals surface area contributed by atoms with Gasteiger partial charge in [0, 0.05) is 0 Å². The van der Waals surface area contributed by atoms with E-state index in [1.807, 2.05) is 0 Å². The largest absolute Gasteiger partial charge is 0.395 e. The summed E-state index contributed by atoms with van der Waals surface area (Å²) in [6.07, 6.45) is 0. The topological polar surface area (TPSA) is 63.4 Å². The first-order valence-corrected chi connectivity index (χ1v) is 6.11. The van der Waals surface area contributed by atoms with Gasteiger partial charge in [-0.05, 0) is 24.3 Å². The summed E-state index contributed by atoms with van der Waals surface area (Å²) < 4.78 is 13.7. The molecule has 0 saturated heterocycles. The zero-order valence-electron chi connectivity index (χ0n) is 10.1. The van der Waals surface area contributed by atoms with Crippen LogP contribution in [0.2, 0.25) is 5.02 Å². The van der Waals surface area contributed by atoms with Gasteiger partial charge in [0.25, 0.3) is 11.8 Å². The van der Waals surface area contributed by atoms with Crippen molar-refractivity contribution < 1.29 is 14.0 Å². The van der Waals surface area contributed by atoms with Crippen molar-refractivity contribution in [3.63, 3.8) is 0 Å². The lowest BCUT2D eigenvalue weighted by Crippen LogP contribution is -2.30. The van der Waals surface area contributed by atoms with Crippen molar-refractivity contribution in [3.05, 3.63) is 58.4 Å².